The molecule has 2 aromatic rings. The Kier molecular flexibility index (Phi) is 4.56. The Morgan fingerprint density at radius 3 is 2.56 bits per heavy atom. The number of hydrogen-bond acceptors (Lipinski definition) is 2. The van der Waals surface area contributed by atoms with Crippen LogP contribution in [0.4, 0.5) is 0 Å². The lowest BCUT2D eigenvalue weighted by Gasteiger charge is -2.09. The molecule has 18 heavy (non-hydrogen) atoms. The highest BCUT2D eigenvalue weighted by atomic mass is 32.1. The van der Waals surface area contributed by atoms with Crippen LogP contribution in [-0.2, 0) is 6.54 Å². The van der Waals surface area contributed by atoms with Crippen molar-refractivity contribution in [3.05, 3.63) is 46.3 Å². The van der Waals surface area contributed by atoms with E-state index in [4.69, 9.17) is 0 Å². The van der Waals surface area contributed by atoms with Gasteiger partial charge >= 0.3 is 0 Å². The summed E-state index contributed by atoms with van der Waals surface area (Å²) < 4.78 is 0. The zero-order valence-corrected chi connectivity index (χ0v) is 12.2. The SMILES string of the molecule is CCCNCc1ccc(-c2sccc2C)c(C)c1. The first-order chi connectivity index (χ1) is 8.72. The predicted octanol–water partition coefficient (Wildman–Crippen LogP) is 4.53. The molecule has 1 heterocycles. The highest BCUT2D eigenvalue weighted by Crippen LogP contribution is 2.31. The van der Waals surface area contributed by atoms with Crippen molar-refractivity contribution in [1.29, 1.82) is 0 Å². The van der Waals surface area contributed by atoms with Crippen LogP contribution in [-0.4, -0.2) is 6.54 Å². The van der Waals surface area contributed by atoms with Crippen molar-refractivity contribution in [2.24, 2.45) is 0 Å². The van der Waals surface area contributed by atoms with Crippen LogP contribution in [0.25, 0.3) is 10.4 Å². The summed E-state index contributed by atoms with van der Waals surface area (Å²) in [6.07, 6.45) is 1.19. The van der Waals surface area contributed by atoms with Crippen LogP contribution < -0.4 is 5.32 Å². The average Bonchev–Trinajstić information content (AvgIpc) is 2.76. The molecule has 96 valence electrons. The Hall–Kier alpha value is -1.12. The number of thiophene rings is 1. The molecule has 0 aliphatic carbocycles. The molecule has 2 rings (SSSR count). The molecule has 0 aliphatic heterocycles. The molecule has 1 N–H and O–H groups in total. The van der Waals surface area contributed by atoms with Gasteiger partial charge in [0.05, 0.1) is 0 Å². The van der Waals surface area contributed by atoms with Crippen LogP contribution >= 0.6 is 11.3 Å². The molecular formula is C16H21NS. The molecular weight excluding hydrogens is 238 g/mol. The quantitative estimate of drug-likeness (QED) is 0.778. The monoisotopic (exact) mass is 259 g/mol. The molecule has 0 spiro atoms. The average molecular weight is 259 g/mol. The summed E-state index contributed by atoms with van der Waals surface area (Å²) in [4.78, 5) is 1.40. The van der Waals surface area contributed by atoms with Gasteiger partial charge in [-0.25, -0.2) is 0 Å². The van der Waals surface area contributed by atoms with Crippen molar-refractivity contribution in [3.63, 3.8) is 0 Å². The van der Waals surface area contributed by atoms with Gasteiger partial charge in [0.25, 0.3) is 0 Å². The third kappa shape index (κ3) is 3.01. The first-order valence-electron chi connectivity index (χ1n) is 6.57. The van der Waals surface area contributed by atoms with E-state index in [1.165, 1.54) is 33.6 Å². The molecule has 0 radical (unpaired) electrons. The molecule has 0 unspecified atom stereocenters. The molecule has 0 aliphatic rings. The summed E-state index contributed by atoms with van der Waals surface area (Å²) >= 11 is 1.83. The minimum absolute atomic E-state index is 0.971. The zero-order chi connectivity index (χ0) is 13.0. The molecule has 2 heteroatoms. The lowest BCUT2D eigenvalue weighted by Crippen LogP contribution is -2.13. The van der Waals surface area contributed by atoms with E-state index in [2.05, 4.69) is 55.7 Å². The number of nitrogens with one attached hydrogen (secondary N) is 1. The minimum Gasteiger partial charge on any atom is -0.313 e. The van der Waals surface area contributed by atoms with Gasteiger partial charge in [-0.1, -0.05) is 25.1 Å². The topological polar surface area (TPSA) is 12.0 Å². The Labute approximate surface area is 114 Å². The van der Waals surface area contributed by atoms with Crippen LogP contribution in [0.3, 0.4) is 0 Å². The summed E-state index contributed by atoms with van der Waals surface area (Å²) in [6.45, 7) is 8.64. The maximum absolute atomic E-state index is 3.45. The fourth-order valence-electron chi connectivity index (χ4n) is 2.15. The largest absolute Gasteiger partial charge is 0.313 e. The zero-order valence-electron chi connectivity index (χ0n) is 11.4. The molecule has 1 nitrogen and oxygen atoms in total. The summed E-state index contributed by atoms with van der Waals surface area (Å²) in [6, 6.07) is 8.99. The summed E-state index contributed by atoms with van der Waals surface area (Å²) in [5.74, 6) is 0. The van der Waals surface area contributed by atoms with Gasteiger partial charge in [0.1, 0.15) is 0 Å². The van der Waals surface area contributed by atoms with E-state index >= 15 is 0 Å². The van der Waals surface area contributed by atoms with E-state index in [9.17, 15) is 0 Å². The third-order valence-corrected chi connectivity index (χ3v) is 4.20. The molecule has 0 fully saturated rings. The van der Waals surface area contributed by atoms with E-state index in [1.807, 2.05) is 11.3 Å². The molecule has 1 aromatic heterocycles. The molecule has 0 bridgehead atoms. The maximum Gasteiger partial charge on any atom is 0.0374 e. The molecule has 0 saturated heterocycles. The van der Waals surface area contributed by atoms with Gasteiger partial charge in [-0.3, -0.25) is 0 Å². The number of aryl methyl sites for hydroxylation is 2. The normalized spacial score (nSPS) is 10.8. The smallest absolute Gasteiger partial charge is 0.0374 e. The van der Waals surface area contributed by atoms with Crippen LogP contribution in [0.2, 0.25) is 0 Å². The maximum atomic E-state index is 3.45. The highest BCUT2D eigenvalue weighted by molar-refractivity contribution is 7.13. The van der Waals surface area contributed by atoms with Crippen molar-refractivity contribution < 1.29 is 0 Å². The van der Waals surface area contributed by atoms with Gasteiger partial charge in [0.15, 0.2) is 0 Å². The second-order valence-electron chi connectivity index (χ2n) is 4.76. The number of rotatable bonds is 5. The van der Waals surface area contributed by atoms with E-state index in [0.29, 0.717) is 0 Å². The Bertz CT molecular complexity index is 514. The van der Waals surface area contributed by atoms with Gasteiger partial charge in [-0.2, -0.15) is 0 Å². The lowest BCUT2D eigenvalue weighted by atomic mass is 10.0. The summed E-state index contributed by atoms with van der Waals surface area (Å²) in [5, 5.41) is 5.61. The Balaban J connectivity index is 2.18. The van der Waals surface area contributed by atoms with Crippen molar-refractivity contribution in [3.8, 4) is 10.4 Å². The fraction of sp³-hybridized carbons (Fsp3) is 0.375. The van der Waals surface area contributed by atoms with Gasteiger partial charge in [-0.05, 0) is 60.5 Å². The van der Waals surface area contributed by atoms with Gasteiger partial charge in [0, 0.05) is 11.4 Å². The van der Waals surface area contributed by atoms with Crippen molar-refractivity contribution in [1.82, 2.24) is 5.32 Å². The second-order valence-corrected chi connectivity index (χ2v) is 5.67. The summed E-state index contributed by atoms with van der Waals surface area (Å²) in [5.41, 5.74) is 5.50. The Morgan fingerprint density at radius 2 is 1.94 bits per heavy atom. The molecule has 0 atom stereocenters. The van der Waals surface area contributed by atoms with E-state index in [1.54, 1.807) is 0 Å². The molecule has 0 amide bonds. The van der Waals surface area contributed by atoms with Crippen LogP contribution in [0.15, 0.2) is 29.6 Å². The predicted molar refractivity (Wildman–Crippen MR) is 81.2 cm³/mol. The molecule has 0 saturated carbocycles. The van der Waals surface area contributed by atoms with Crippen molar-refractivity contribution in [2.75, 3.05) is 6.54 Å². The van der Waals surface area contributed by atoms with Gasteiger partial charge in [-0.15, -0.1) is 11.3 Å². The number of hydrogen-bond donors (Lipinski definition) is 1. The van der Waals surface area contributed by atoms with Gasteiger partial charge in [0.2, 0.25) is 0 Å². The van der Waals surface area contributed by atoms with Crippen LogP contribution in [0.5, 0.6) is 0 Å². The van der Waals surface area contributed by atoms with E-state index < -0.39 is 0 Å². The highest BCUT2D eigenvalue weighted by Gasteiger charge is 2.06. The van der Waals surface area contributed by atoms with Crippen LogP contribution in [0.1, 0.15) is 30.0 Å². The fourth-order valence-corrected chi connectivity index (χ4v) is 3.17. The lowest BCUT2D eigenvalue weighted by molar-refractivity contribution is 0.675. The standard InChI is InChI=1S/C16H21NS/c1-4-8-17-11-14-5-6-15(13(3)10-14)16-12(2)7-9-18-16/h5-7,9-10,17H,4,8,11H2,1-3H3. The first kappa shape index (κ1) is 13.3. The Morgan fingerprint density at radius 1 is 1.11 bits per heavy atom. The minimum atomic E-state index is 0.971. The summed E-state index contributed by atoms with van der Waals surface area (Å²) in [7, 11) is 0. The van der Waals surface area contributed by atoms with Crippen LogP contribution in [0, 0.1) is 13.8 Å². The van der Waals surface area contributed by atoms with E-state index in [0.717, 1.165) is 13.1 Å². The van der Waals surface area contributed by atoms with Crippen molar-refractivity contribution >= 4 is 11.3 Å². The third-order valence-electron chi connectivity index (χ3n) is 3.15. The van der Waals surface area contributed by atoms with E-state index in [-0.39, 0.29) is 0 Å². The molecule has 1 aromatic carbocycles. The second kappa shape index (κ2) is 6.17. The first-order valence-corrected chi connectivity index (χ1v) is 7.45. The van der Waals surface area contributed by atoms with Crippen molar-refractivity contribution in [2.45, 2.75) is 33.7 Å². The number of benzene rings is 1. The van der Waals surface area contributed by atoms with Gasteiger partial charge < -0.3 is 5.32 Å².